The van der Waals surface area contributed by atoms with E-state index in [9.17, 15) is 14.0 Å². The first-order chi connectivity index (χ1) is 15.0. The SMILES string of the molecule is CCOc1ccc(NC2=C(c3ccc(C)cc3)C(=O)N(c3ccc(F)cc3)C2=O)cc1. The Hall–Kier alpha value is -3.93. The van der Waals surface area contributed by atoms with Crippen LogP contribution in [0.25, 0.3) is 5.57 Å². The third-order valence-corrected chi connectivity index (χ3v) is 4.94. The Morgan fingerprint density at radius 3 is 2.13 bits per heavy atom. The fourth-order valence-corrected chi connectivity index (χ4v) is 3.40. The first-order valence-corrected chi connectivity index (χ1v) is 9.93. The number of carbonyl (C=O) groups is 2. The maximum atomic E-state index is 13.4. The van der Waals surface area contributed by atoms with Crippen LogP contribution in [0, 0.1) is 12.7 Å². The number of rotatable bonds is 6. The van der Waals surface area contributed by atoms with Gasteiger partial charge in [-0.05, 0) is 67.9 Å². The van der Waals surface area contributed by atoms with Crippen LogP contribution in [0.1, 0.15) is 18.1 Å². The van der Waals surface area contributed by atoms with Crippen molar-refractivity contribution in [2.75, 3.05) is 16.8 Å². The lowest BCUT2D eigenvalue weighted by Gasteiger charge is -2.15. The fraction of sp³-hybridized carbons (Fsp3) is 0.120. The molecule has 0 unspecified atom stereocenters. The molecule has 0 fully saturated rings. The van der Waals surface area contributed by atoms with E-state index in [2.05, 4.69) is 5.32 Å². The highest BCUT2D eigenvalue weighted by atomic mass is 19.1. The Morgan fingerprint density at radius 1 is 0.871 bits per heavy atom. The molecule has 0 saturated heterocycles. The van der Waals surface area contributed by atoms with Crippen molar-refractivity contribution in [3.05, 3.63) is 95.4 Å². The minimum absolute atomic E-state index is 0.169. The number of ether oxygens (including phenoxy) is 1. The summed E-state index contributed by atoms with van der Waals surface area (Å²) >= 11 is 0. The van der Waals surface area contributed by atoms with E-state index in [1.807, 2.05) is 38.1 Å². The van der Waals surface area contributed by atoms with E-state index in [4.69, 9.17) is 4.74 Å². The van der Waals surface area contributed by atoms with Gasteiger partial charge in [-0.3, -0.25) is 9.59 Å². The molecule has 2 amide bonds. The Kier molecular flexibility index (Phi) is 5.54. The van der Waals surface area contributed by atoms with Crippen molar-refractivity contribution >= 4 is 28.8 Å². The van der Waals surface area contributed by atoms with Gasteiger partial charge < -0.3 is 10.1 Å². The first-order valence-electron chi connectivity index (χ1n) is 9.93. The quantitative estimate of drug-likeness (QED) is 0.579. The first kappa shape index (κ1) is 20.3. The standard InChI is InChI=1S/C25H21FN2O3/c1-3-31-21-14-10-19(11-15-21)27-23-22(17-6-4-16(2)5-7-17)24(29)28(25(23)30)20-12-8-18(26)9-13-20/h4-15,27H,3H2,1-2H3. The summed E-state index contributed by atoms with van der Waals surface area (Å²) < 4.78 is 18.8. The van der Waals surface area contributed by atoms with Crippen molar-refractivity contribution in [3.63, 3.8) is 0 Å². The maximum absolute atomic E-state index is 13.4. The lowest BCUT2D eigenvalue weighted by atomic mass is 10.0. The molecule has 6 heteroatoms. The smallest absolute Gasteiger partial charge is 0.282 e. The van der Waals surface area contributed by atoms with Crippen molar-refractivity contribution in [2.24, 2.45) is 0 Å². The van der Waals surface area contributed by atoms with E-state index >= 15 is 0 Å². The molecule has 31 heavy (non-hydrogen) atoms. The van der Waals surface area contributed by atoms with Crippen molar-refractivity contribution in [2.45, 2.75) is 13.8 Å². The van der Waals surface area contributed by atoms with E-state index in [-0.39, 0.29) is 11.3 Å². The zero-order valence-corrected chi connectivity index (χ0v) is 17.2. The Morgan fingerprint density at radius 2 is 1.52 bits per heavy atom. The summed E-state index contributed by atoms with van der Waals surface area (Å²) in [6.45, 7) is 4.40. The van der Waals surface area contributed by atoms with Gasteiger partial charge in [0.1, 0.15) is 17.3 Å². The summed E-state index contributed by atoms with van der Waals surface area (Å²) in [7, 11) is 0. The van der Waals surface area contributed by atoms with Crippen molar-refractivity contribution in [3.8, 4) is 5.75 Å². The van der Waals surface area contributed by atoms with Crippen LogP contribution in [0.15, 0.2) is 78.5 Å². The molecule has 0 atom stereocenters. The second kappa shape index (κ2) is 8.44. The van der Waals surface area contributed by atoms with E-state index < -0.39 is 17.6 Å². The summed E-state index contributed by atoms with van der Waals surface area (Å²) in [4.78, 5) is 27.7. The minimum atomic E-state index is -0.499. The molecule has 0 radical (unpaired) electrons. The molecule has 1 aliphatic heterocycles. The van der Waals surface area contributed by atoms with Crippen molar-refractivity contribution in [1.82, 2.24) is 0 Å². The molecular formula is C25H21FN2O3. The predicted molar refractivity (Wildman–Crippen MR) is 118 cm³/mol. The molecule has 0 aliphatic carbocycles. The lowest BCUT2D eigenvalue weighted by Crippen LogP contribution is -2.32. The molecule has 1 N–H and O–H groups in total. The lowest BCUT2D eigenvalue weighted by molar-refractivity contribution is -0.120. The van der Waals surface area contributed by atoms with E-state index in [1.165, 1.54) is 24.3 Å². The number of hydrogen-bond acceptors (Lipinski definition) is 4. The number of nitrogens with zero attached hydrogens (tertiary/aromatic N) is 1. The van der Waals surface area contributed by atoms with Crippen LogP contribution in [0.5, 0.6) is 5.75 Å². The summed E-state index contributed by atoms with van der Waals surface area (Å²) in [5, 5.41) is 3.10. The van der Waals surface area contributed by atoms with Crippen LogP contribution >= 0.6 is 0 Å². The molecule has 156 valence electrons. The molecule has 1 heterocycles. The van der Waals surface area contributed by atoms with Crippen LogP contribution in [0.3, 0.4) is 0 Å². The second-order valence-electron chi connectivity index (χ2n) is 7.12. The van der Waals surface area contributed by atoms with Gasteiger partial charge in [0.05, 0.1) is 17.9 Å². The molecular weight excluding hydrogens is 395 g/mol. The molecule has 0 saturated carbocycles. The minimum Gasteiger partial charge on any atom is -0.494 e. The summed E-state index contributed by atoms with van der Waals surface area (Å²) in [6, 6.07) is 19.8. The number of carbonyl (C=O) groups excluding carboxylic acids is 2. The van der Waals surface area contributed by atoms with Gasteiger partial charge in [0, 0.05) is 5.69 Å². The van der Waals surface area contributed by atoms with Gasteiger partial charge >= 0.3 is 0 Å². The van der Waals surface area contributed by atoms with Gasteiger partial charge in [0.2, 0.25) is 0 Å². The molecule has 0 spiro atoms. The van der Waals surface area contributed by atoms with Gasteiger partial charge in [-0.2, -0.15) is 0 Å². The molecule has 3 aromatic carbocycles. The number of anilines is 2. The Labute approximate surface area is 179 Å². The van der Waals surface area contributed by atoms with Crippen LogP contribution < -0.4 is 15.0 Å². The average Bonchev–Trinajstić information content (AvgIpc) is 3.01. The van der Waals surface area contributed by atoms with E-state index in [1.54, 1.807) is 24.3 Å². The largest absolute Gasteiger partial charge is 0.494 e. The van der Waals surface area contributed by atoms with E-state index in [0.717, 1.165) is 10.5 Å². The van der Waals surface area contributed by atoms with Crippen LogP contribution in [-0.2, 0) is 9.59 Å². The Balaban J connectivity index is 1.75. The summed E-state index contributed by atoms with van der Waals surface area (Å²) in [5.74, 6) is -0.695. The summed E-state index contributed by atoms with van der Waals surface area (Å²) in [6.07, 6.45) is 0. The molecule has 3 aromatic rings. The van der Waals surface area contributed by atoms with Gasteiger partial charge in [0.25, 0.3) is 11.8 Å². The van der Waals surface area contributed by atoms with E-state index in [0.29, 0.717) is 29.3 Å². The monoisotopic (exact) mass is 416 g/mol. The molecule has 0 bridgehead atoms. The third-order valence-electron chi connectivity index (χ3n) is 4.94. The topological polar surface area (TPSA) is 58.6 Å². The number of nitrogens with one attached hydrogen (secondary N) is 1. The third kappa shape index (κ3) is 4.05. The zero-order chi connectivity index (χ0) is 22.0. The van der Waals surface area contributed by atoms with Gasteiger partial charge in [0.15, 0.2) is 0 Å². The van der Waals surface area contributed by atoms with Gasteiger partial charge in [-0.15, -0.1) is 0 Å². The number of benzene rings is 3. The second-order valence-corrected chi connectivity index (χ2v) is 7.12. The summed E-state index contributed by atoms with van der Waals surface area (Å²) in [5.41, 5.74) is 3.06. The number of hydrogen-bond donors (Lipinski definition) is 1. The molecule has 1 aliphatic rings. The number of aryl methyl sites for hydroxylation is 1. The van der Waals surface area contributed by atoms with Crippen molar-refractivity contribution < 1.29 is 18.7 Å². The fourth-order valence-electron chi connectivity index (χ4n) is 3.40. The normalized spacial score (nSPS) is 13.7. The van der Waals surface area contributed by atoms with Gasteiger partial charge in [-0.1, -0.05) is 29.8 Å². The zero-order valence-electron chi connectivity index (χ0n) is 17.2. The maximum Gasteiger partial charge on any atom is 0.282 e. The molecule has 5 nitrogen and oxygen atoms in total. The molecule has 4 rings (SSSR count). The van der Waals surface area contributed by atoms with Gasteiger partial charge in [-0.25, -0.2) is 9.29 Å². The number of imide groups is 1. The highest BCUT2D eigenvalue weighted by Gasteiger charge is 2.40. The highest BCUT2D eigenvalue weighted by molar-refractivity contribution is 6.46. The van der Waals surface area contributed by atoms with Crippen LogP contribution in [-0.4, -0.2) is 18.4 Å². The van der Waals surface area contributed by atoms with Crippen LogP contribution in [0.2, 0.25) is 0 Å². The number of amides is 2. The van der Waals surface area contributed by atoms with Crippen LogP contribution in [0.4, 0.5) is 15.8 Å². The highest BCUT2D eigenvalue weighted by Crippen LogP contribution is 2.34. The average molecular weight is 416 g/mol. The Bertz CT molecular complexity index is 1150. The van der Waals surface area contributed by atoms with Crippen molar-refractivity contribution in [1.29, 1.82) is 0 Å². The number of halogens is 1. The predicted octanol–water partition coefficient (Wildman–Crippen LogP) is 4.93. The molecule has 0 aromatic heterocycles.